The van der Waals surface area contributed by atoms with Gasteiger partial charge in [-0.25, -0.2) is 0 Å². The second kappa shape index (κ2) is 5.23. The number of aromatic nitrogens is 2. The molecule has 0 atom stereocenters. The van der Waals surface area contributed by atoms with E-state index in [0.717, 1.165) is 51.2 Å². The molecule has 0 bridgehead atoms. The summed E-state index contributed by atoms with van der Waals surface area (Å²) >= 11 is 0. The normalized spacial score (nSPS) is 17.6. The van der Waals surface area contributed by atoms with E-state index in [2.05, 4.69) is 10.00 Å². The van der Waals surface area contributed by atoms with Crippen molar-refractivity contribution in [3.8, 4) is 0 Å². The number of aldehydes is 1. The van der Waals surface area contributed by atoms with E-state index in [4.69, 9.17) is 4.74 Å². The van der Waals surface area contributed by atoms with E-state index in [0.29, 0.717) is 5.69 Å². The zero-order valence-corrected chi connectivity index (χ0v) is 9.56. The minimum Gasteiger partial charge on any atom is -0.379 e. The highest BCUT2D eigenvalue weighted by molar-refractivity contribution is 5.72. The largest absolute Gasteiger partial charge is 0.379 e. The van der Waals surface area contributed by atoms with E-state index in [1.807, 2.05) is 6.07 Å². The Kier molecular flexibility index (Phi) is 3.69. The monoisotopic (exact) mass is 223 g/mol. The summed E-state index contributed by atoms with van der Waals surface area (Å²) in [4.78, 5) is 13.0. The Balaban J connectivity index is 1.86. The van der Waals surface area contributed by atoms with Crippen LogP contribution in [0, 0.1) is 0 Å². The van der Waals surface area contributed by atoms with E-state index in [-0.39, 0.29) is 0 Å². The number of carbonyl (C=O) groups is 1. The third-order valence-electron chi connectivity index (χ3n) is 2.88. The Bertz CT molecular complexity index is 356. The lowest BCUT2D eigenvalue weighted by molar-refractivity contribution is 0.0383. The fraction of sp³-hybridized carbons (Fsp3) is 0.636. The first-order valence-corrected chi connectivity index (χ1v) is 5.58. The van der Waals surface area contributed by atoms with Gasteiger partial charge in [-0.15, -0.1) is 0 Å². The number of hydrogen-bond donors (Lipinski definition) is 0. The molecule has 0 unspecified atom stereocenters. The van der Waals surface area contributed by atoms with Gasteiger partial charge in [0.1, 0.15) is 5.69 Å². The maximum absolute atomic E-state index is 10.7. The van der Waals surface area contributed by atoms with Crippen LogP contribution in [0.1, 0.15) is 16.2 Å². The standard InChI is InChI=1S/C11H17N3O2/c1-13-11(9-15)8-10(12-13)2-3-14-4-6-16-7-5-14/h8-9H,2-7H2,1H3. The van der Waals surface area contributed by atoms with Gasteiger partial charge in [-0.05, 0) is 6.07 Å². The van der Waals surface area contributed by atoms with Gasteiger partial charge in [0.05, 0.1) is 18.9 Å². The van der Waals surface area contributed by atoms with Crippen LogP contribution in [0.5, 0.6) is 0 Å². The Hall–Kier alpha value is -1.20. The molecular formula is C11H17N3O2. The van der Waals surface area contributed by atoms with Crippen molar-refractivity contribution in [3.63, 3.8) is 0 Å². The average Bonchev–Trinajstić information content (AvgIpc) is 2.69. The summed E-state index contributed by atoms with van der Waals surface area (Å²) in [7, 11) is 1.79. The van der Waals surface area contributed by atoms with Crippen LogP contribution in [0.15, 0.2) is 6.07 Å². The second-order valence-corrected chi connectivity index (χ2v) is 4.01. The molecule has 1 aliphatic rings. The smallest absolute Gasteiger partial charge is 0.168 e. The van der Waals surface area contributed by atoms with Crippen molar-refractivity contribution in [2.75, 3.05) is 32.8 Å². The highest BCUT2D eigenvalue weighted by Crippen LogP contribution is 2.04. The first kappa shape index (κ1) is 11.3. The van der Waals surface area contributed by atoms with Gasteiger partial charge in [-0.1, -0.05) is 0 Å². The number of aryl methyl sites for hydroxylation is 1. The fourth-order valence-corrected chi connectivity index (χ4v) is 1.87. The maximum Gasteiger partial charge on any atom is 0.168 e. The zero-order chi connectivity index (χ0) is 11.4. The van der Waals surface area contributed by atoms with Crippen molar-refractivity contribution in [2.24, 2.45) is 7.05 Å². The van der Waals surface area contributed by atoms with Crippen LogP contribution in [0.3, 0.4) is 0 Å². The Morgan fingerprint density at radius 2 is 2.25 bits per heavy atom. The summed E-state index contributed by atoms with van der Waals surface area (Å²) < 4.78 is 6.91. The van der Waals surface area contributed by atoms with Gasteiger partial charge in [0.25, 0.3) is 0 Å². The van der Waals surface area contributed by atoms with Gasteiger partial charge in [0.2, 0.25) is 0 Å². The first-order chi connectivity index (χ1) is 7.79. The van der Waals surface area contributed by atoms with Gasteiger partial charge >= 0.3 is 0 Å². The SMILES string of the molecule is Cn1nc(CCN2CCOCC2)cc1C=O. The van der Waals surface area contributed by atoms with E-state index >= 15 is 0 Å². The van der Waals surface area contributed by atoms with Gasteiger partial charge < -0.3 is 4.74 Å². The van der Waals surface area contributed by atoms with Crippen LogP contribution >= 0.6 is 0 Å². The Morgan fingerprint density at radius 1 is 1.50 bits per heavy atom. The topological polar surface area (TPSA) is 47.4 Å². The van der Waals surface area contributed by atoms with Crippen LogP contribution in [-0.4, -0.2) is 53.8 Å². The molecular weight excluding hydrogens is 206 g/mol. The quantitative estimate of drug-likeness (QED) is 0.680. The fourth-order valence-electron chi connectivity index (χ4n) is 1.87. The average molecular weight is 223 g/mol. The van der Waals surface area contributed by atoms with Crippen LogP contribution in [0.2, 0.25) is 0 Å². The minimum atomic E-state index is 0.636. The predicted octanol–water partition coefficient (Wildman–Crippen LogP) is 0.107. The molecule has 0 aromatic carbocycles. The Morgan fingerprint density at radius 3 is 2.88 bits per heavy atom. The number of carbonyl (C=O) groups excluding carboxylic acids is 1. The number of nitrogens with zero attached hydrogens (tertiary/aromatic N) is 3. The molecule has 0 N–H and O–H groups in total. The summed E-state index contributed by atoms with van der Waals surface area (Å²) in [5.74, 6) is 0. The molecule has 5 heteroatoms. The van der Waals surface area contributed by atoms with E-state index in [1.54, 1.807) is 11.7 Å². The van der Waals surface area contributed by atoms with Crippen molar-refractivity contribution in [3.05, 3.63) is 17.5 Å². The van der Waals surface area contributed by atoms with Crippen molar-refractivity contribution in [1.29, 1.82) is 0 Å². The number of morpholine rings is 1. The van der Waals surface area contributed by atoms with Crippen molar-refractivity contribution in [2.45, 2.75) is 6.42 Å². The van der Waals surface area contributed by atoms with Gasteiger partial charge in [0, 0.05) is 33.1 Å². The van der Waals surface area contributed by atoms with Crippen LogP contribution in [-0.2, 0) is 18.2 Å². The molecule has 88 valence electrons. The number of ether oxygens (including phenoxy) is 1. The van der Waals surface area contributed by atoms with Crippen molar-refractivity contribution < 1.29 is 9.53 Å². The van der Waals surface area contributed by atoms with Gasteiger partial charge in [0.15, 0.2) is 6.29 Å². The molecule has 0 spiro atoms. The molecule has 1 saturated heterocycles. The lowest BCUT2D eigenvalue weighted by Gasteiger charge is -2.26. The van der Waals surface area contributed by atoms with Crippen molar-refractivity contribution >= 4 is 6.29 Å². The molecule has 2 heterocycles. The summed E-state index contributed by atoms with van der Waals surface area (Å²) in [5.41, 5.74) is 1.62. The molecule has 0 amide bonds. The molecule has 16 heavy (non-hydrogen) atoms. The molecule has 1 aromatic rings. The van der Waals surface area contributed by atoms with Gasteiger partial charge in [-0.2, -0.15) is 5.10 Å². The maximum atomic E-state index is 10.7. The summed E-state index contributed by atoms with van der Waals surface area (Å²) in [5, 5.41) is 4.29. The Labute approximate surface area is 95.0 Å². The molecule has 0 aliphatic carbocycles. The van der Waals surface area contributed by atoms with Crippen LogP contribution < -0.4 is 0 Å². The molecule has 2 rings (SSSR count). The van der Waals surface area contributed by atoms with Crippen molar-refractivity contribution in [1.82, 2.24) is 14.7 Å². The molecule has 1 aliphatic heterocycles. The molecule has 0 radical (unpaired) electrons. The summed E-state index contributed by atoms with van der Waals surface area (Å²) in [6.45, 7) is 4.61. The van der Waals surface area contributed by atoms with Crippen LogP contribution in [0.4, 0.5) is 0 Å². The lowest BCUT2D eigenvalue weighted by atomic mass is 10.2. The molecule has 0 saturated carbocycles. The number of hydrogen-bond acceptors (Lipinski definition) is 4. The highest BCUT2D eigenvalue weighted by Gasteiger charge is 2.11. The van der Waals surface area contributed by atoms with E-state index in [1.165, 1.54) is 0 Å². The third kappa shape index (κ3) is 2.68. The summed E-state index contributed by atoms with van der Waals surface area (Å²) in [6.07, 6.45) is 1.73. The third-order valence-corrected chi connectivity index (χ3v) is 2.88. The van der Waals surface area contributed by atoms with Crippen LogP contribution in [0.25, 0.3) is 0 Å². The zero-order valence-electron chi connectivity index (χ0n) is 9.56. The van der Waals surface area contributed by atoms with E-state index < -0.39 is 0 Å². The molecule has 1 fully saturated rings. The van der Waals surface area contributed by atoms with E-state index in [9.17, 15) is 4.79 Å². The van der Waals surface area contributed by atoms with Gasteiger partial charge in [-0.3, -0.25) is 14.4 Å². The second-order valence-electron chi connectivity index (χ2n) is 4.01. The predicted molar refractivity (Wildman–Crippen MR) is 59.6 cm³/mol. The highest BCUT2D eigenvalue weighted by atomic mass is 16.5. The number of rotatable bonds is 4. The molecule has 5 nitrogen and oxygen atoms in total. The summed E-state index contributed by atoms with van der Waals surface area (Å²) in [6, 6.07) is 1.85. The molecule has 1 aromatic heterocycles. The minimum absolute atomic E-state index is 0.636. The first-order valence-electron chi connectivity index (χ1n) is 5.58. The lowest BCUT2D eigenvalue weighted by Crippen LogP contribution is -2.37.